The topological polar surface area (TPSA) is 0 Å². The van der Waals surface area contributed by atoms with Crippen molar-refractivity contribution >= 4 is 63.9 Å². The molecule has 1 heterocycles. The molecule has 13 rings (SSSR count). The summed E-state index contributed by atoms with van der Waals surface area (Å²) in [5.74, 6) is 0. The van der Waals surface area contributed by atoms with Crippen LogP contribution in [0.5, 0.6) is 0 Å². The average Bonchev–Trinajstić information content (AvgIpc) is 3.68. The summed E-state index contributed by atoms with van der Waals surface area (Å²) < 4.78 is 0. The van der Waals surface area contributed by atoms with Gasteiger partial charge in [-0.3, -0.25) is 0 Å². The second-order valence-corrected chi connectivity index (χ2v) is 22.0. The molecule has 0 unspecified atom stereocenters. The zero-order valence-electron chi connectivity index (χ0n) is 35.4. The van der Waals surface area contributed by atoms with Gasteiger partial charge in [-0.05, 0) is 164 Å². The molecule has 0 aromatic heterocycles. The standard InChI is InChI=1S/C61H44S/c1-61(2)54-20-12-11-19-47(54)48-27-25-44(35-55(48)61)43-26-28-49-53(34-43)58(46-24-22-38-14-6-8-16-40(38)32-46)59-51(57(49)45-23-21-37-13-5-7-15-39(37)31-45)30-29-50-52-33-41-17-9-10-18-42(41)36-56(52)62(3,4)60(50)59/h5-36H,1-4H3. The Kier molecular flexibility index (Phi) is 7.39. The molecule has 0 atom stereocenters. The molecule has 0 radical (unpaired) electrons. The first-order chi connectivity index (χ1) is 30.2. The Balaban J connectivity index is 1.18. The second-order valence-electron chi connectivity index (χ2n) is 18.5. The summed E-state index contributed by atoms with van der Waals surface area (Å²) in [7, 11) is -1.47. The van der Waals surface area contributed by atoms with Crippen LogP contribution in [0.1, 0.15) is 25.0 Å². The predicted molar refractivity (Wildman–Crippen MR) is 269 cm³/mol. The van der Waals surface area contributed by atoms with E-state index in [0.717, 1.165) is 0 Å². The first-order valence-corrected chi connectivity index (χ1v) is 24.3. The number of hydrogen-bond acceptors (Lipinski definition) is 0. The molecule has 1 aliphatic carbocycles. The lowest BCUT2D eigenvalue weighted by Crippen LogP contribution is -2.14. The van der Waals surface area contributed by atoms with Crippen LogP contribution in [0.25, 0.3) is 109 Å². The average molecular weight is 809 g/mol. The van der Waals surface area contributed by atoms with E-state index in [1.807, 2.05) is 0 Å². The summed E-state index contributed by atoms with van der Waals surface area (Å²) in [6.45, 7) is 4.76. The van der Waals surface area contributed by atoms with Crippen LogP contribution in [0, 0.1) is 0 Å². The van der Waals surface area contributed by atoms with Gasteiger partial charge in [-0.15, -0.1) is 0 Å². The van der Waals surface area contributed by atoms with Crippen molar-refractivity contribution in [2.45, 2.75) is 29.1 Å². The van der Waals surface area contributed by atoms with E-state index in [9.17, 15) is 0 Å². The Morgan fingerprint density at radius 2 is 0.855 bits per heavy atom. The molecule has 11 aromatic carbocycles. The minimum Gasteiger partial charge on any atom is -0.192 e. The highest BCUT2D eigenvalue weighted by molar-refractivity contribution is 8.33. The maximum atomic E-state index is 2.54. The minimum atomic E-state index is -1.47. The molecule has 62 heavy (non-hydrogen) atoms. The highest BCUT2D eigenvalue weighted by Crippen LogP contribution is 2.71. The predicted octanol–water partition coefficient (Wildman–Crippen LogP) is 17.2. The van der Waals surface area contributed by atoms with Crippen LogP contribution in [0.2, 0.25) is 0 Å². The largest absolute Gasteiger partial charge is 0.192 e. The molecular formula is C61H44S. The number of benzene rings is 11. The molecule has 0 amide bonds. The van der Waals surface area contributed by atoms with E-state index in [0.29, 0.717) is 0 Å². The fourth-order valence-electron chi connectivity index (χ4n) is 11.4. The van der Waals surface area contributed by atoms with Gasteiger partial charge in [0.05, 0.1) is 0 Å². The molecule has 11 aromatic rings. The van der Waals surface area contributed by atoms with Gasteiger partial charge in [-0.2, -0.15) is 10.0 Å². The van der Waals surface area contributed by atoms with Gasteiger partial charge in [0.25, 0.3) is 0 Å². The van der Waals surface area contributed by atoms with Crippen molar-refractivity contribution in [3.63, 3.8) is 0 Å². The lowest BCUT2D eigenvalue weighted by molar-refractivity contribution is 0.660. The first-order valence-electron chi connectivity index (χ1n) is 21.8. The molecule has 0 N–H and O–H groups in total. The van der Waals surface area contributed by atoms with Crippen LogP contribution in [0.4, 0.5) is 0 Å². The summed E-state index contributed by atoms with van der Waals surface area (Å²) >= 11 is 0. The first kappa shape index (κ1) is 35.8. The Labute approximate surface area is 364 Å². The zero-order chi connectivity index (χ0) is 41.5. The van der Waals surface area contributed by atoms with E-state index in [1.165, 1.54) is 130 Å². The molecule has 1 aliphatic heterocycles. The molecule has 0 fully saturated rings. The summed E-state index contributed by atoms with van der Waals surface area (Å²) in [5, 5.41) is 12.9. The fourth-order valence-corrected chi connectivity index (χ4v) is 14.2. The molecule has 0 spiro atoms. The van der Waals surface area contributed by atoms with Crippen LogP contribution in [-0.4, -0.2) is 12.5 Å². The summed E-state index contributed by atoms with van der Waals surface area (Å²) in [6.07, 6.45) is 5.08. The van der Waals surface area contributed by atoms with E-state index in [4.69, 9.17) is 0 Å². The lowest BCUT2D eigenvalue weighted by Gasteiger charge is -2.31. The molecule has 2 aliphatic rings. The second kappa shape index (κ2) is 12.8. The maximum Gasteiger partial charge on any atom is 0.0159 e. The molecule has 294 valence electrons. The van der Waals surface area contributed by atoms with Crippen molar-refractivity contribution in [1.82, 2.24) is 0 Å². The fraction of sp³-hybridized carbons (Fsp3) is 0.0820. The minimum absolute atomic E-state index is 0.0801. The highest BCUT2D eigenvalue weighted by Gasteiger charge is 2.37. The van der Waals surface area contributed by atoms with Crippen molar-refractivity contribution in [3.05, 3.63) is 205 Å². The number of fused-ring (bicyclic) bond motifs is 12. The van der Waals surface area contributed by atoms with Gasteiger partial charge in [-0.25, -0.2) is 0 Å². The normalized spacial score (nSPS) is 14.9. The van der Waals surface area contributed by atoms with Crippen LogP contribution in [0.15, 0.2) is 204 Å². The molecule has 1 heteroatoms. The van der Waals surface area contributed by atoms with Crippen molar-refractivity contribution in [2.75, 3.05) is 12.5 Å². The van der Waals surface area contributed by atoms with Crippen LogP contribution >= 0.6 is 10.0 Å². The van der Waals surface area contributed by atoms with Crippen LogP contribution < -0.4 is 0 Å². The van der Waals surface area contributed by atoms with Crippen molar-refractivity contribution in [2.24, 2.45) is 0 Å². The summed E-state index contributed by atoms with van der Waals surface area (Å²) in [5.41, 5.74) is 15.8. The van der Waals surface area contributed by atoms with Crippen molar-refractivity contribution in [3.8, 4) is 55.6 Å². The summed E-state index contributed by atoms with van der Waals surface area (Å²) in [4.78, 5) is 2.97. The van der Waals surface area contributed by atoms with Crippen molar-refractivity contribution < 1.29 is 0 Å². The number of hydrogen-bond donors (Lipinski definition) is 0. The van der Waals surface area contributed by atoms with E-state index in [1.54, 1.807) is 0 Å². The van der Waals surface area contributed by atoms with Gasteiger partial charge in [-0.1, -0.05) is 172 Å². The van der Waals surface area contributed by atoms with Gasteiger partial charge in [0.1, 0.15) is 0 Å². The lowest BCUT2D eigenvalue weighted by atomic mass is 9.81. The van der Waals surface area contributed by atoms with Crippen LogP contribution in [-0.2, 0) is 5.41 Å². The van der Waals surface area contributed by atoms with E-state index in [2.05, 4.69) is 220 Å². The number of rotatable bonds is 3. The SMILES string of the molecule is CC1(C)c2ccccc2-c2ccc(-c3ccc4c(-c5ccc6ccccc6c5)c5ccc6c(c5c(-c5ccc7ccccc7c5)c4c3)S(C)(C)c3cc4ccccc4cc3-6)cc21. The van der Waals surface area contributed by atoms with E-state index >= 15 is 0 Å². The smallest absolute Gasteiger partial charge is 0.0159 e. The Bertz CT molecular complexity index is 3750. The Morgan fingerprint density at radius 1 is 0.339 bits per heavy atom. The highest BCUT2D eigenvalue weighted by atomic mass is 32.3. The molecular weight excluding hydrogens is 765 g/mol. The third-order valence-electron chi connectivity index (χ3n) is 14.4. The van der Waals surface area contributed by atoms with E-state index in [-0.39, 0.29) is 5.41 Å². The molecule has 0 saturated carbocycles. The van der Waals surface area contributed by atoms with E-state index < -0.39 is 10.0 Å². The third kappa shape index (κ3) is 4.97. The van der Waals surface area contributed by atoms with Crippen LogP contribution in [0.3, 0.4) is 0 Å². The van der Waals surface area contributed by atoms with Gasteiger partial charge in [0.15, 0.2) is 0 Å². The van der Waals surface area contributed by atoms with Crippen molar-refractivity contribution in [1.29, 1.82) is 0 Å². The third-order valence-corrected chi connectivity index (χ3v) is 17.3. The quantitative estimate of drug-likeness (QED) is 0.156. The summed E-state index contributed by atoms with van der Waals surface area (Å²) in [6, 6.07) is 74.1. The monoisotopic (exact) mass is 808 g/mol. The van der Waals surface area contributed by atoms with Gasteiger partial charge >= 0.3 is 0 Å². The van der Waals surface area contributed by atoms with Gasteiger partial charge in [0, 0.05) is 20.6 Å². The molecule has 0 saturated heterocycles. The Hall–Kier alpha value is -6.93. The molecule has 0 bridgehead atoms. The van der Waals surface area contributed by atoms with Gasteiger partial charge < -0.3 is 0 Å². The maximum absolute atomic E-state index is 2.54. The molecule has 0 nitrogen and oxygen atoms in total. The zero-order valence-corrected chi connectivity index (χ0v) is 36.2. The Morgan fingerprint density at radius 3 is 1.56 bits per heavy atom. The van der Waals surface area contributed by atoms with Gasteiger partial charge in [0.2, 0.25) is 0 Å².